The van der Waals surface area contributed by atoms with Crippen molar-refractivity contribution in [3.05, 3.63) is 63.6 Å². The number of ether oxygens (including phenoxy) is 2. The summed E-state index contributed by atoms with van der Waals surface area (Å²) in [4.78, 5) is 38.4. The summed E-state index contributed by atoms with van der Waals surface area (Å²) in [6.07, 6.45) is 1.43. The zero-order valence-corrected chi connectivity index (χ0v) is 17.7. The highest BCUT2D eigenvalue weighted by Crippen LogP contribution is 2.38. The van der Waals surface area contributed by atoms with E-state index < -0.39 is 17.8 Å². The molecule has 1 aliphatic rings. The molecule has 1 saturated heterocycles. The lowest BCUT2D eigenvalue weighted by atomic mass is 10.1. The number of carbonyl (C=O) groups is 3. The maximum atomic E-state index is 12.4. The van der Waals surface area contributed by atoms with Crippen molar-refractivity contribution in [2.45, 2.75) is 6.61 Å². The van der Waals surface area contributed by atoms with E-state index >= 15 is 0 Å². The summed E-state index contributed by atoms with van der Waals surface area (Å²) in [5.74, 6) is -0.366. The summed E-state index contributed by atoms with van der Waals surface area (Å²) in [5, 5.41) is 0. The zero-order chi connectivity index (χ0) is 21.1. The molecule has 0 saturated carbocycles. The zero-order valence-electron chi connectivity index (χ0n) is 16.1. The van der Waals surface area contributed by atoms with Gasteiger partial charge in [-0.2, -0.15) is 0 Å². The molecule has 0 bridgehead atoms. The first-order chi connectivity index (χ1) is 13.8. The SMILES string of the molecule is COc1cc(C=C2C(=O)N(C)C(=O)N(C)C2=O)cc(Br)c1OCc1ccccc1. The fraction of sp³-hybridized carbons (Fsp3) is 0.190. The number of amides is 4. The lowest BCUT2D eigenvalue weighted by Crippen LogP contribution is -2.52. The van der Waals surface area contributed by atoms with Gasteiger partial charge in [-0.15, -0.1) is 0 Å². The van der Waals surface area contributed by atoms with E-state index in [0.717, 1.165) is 15.4 Å². The van der Waals surface area contributed by atoms with E-state index in [1.165, 1.54) is 27.3 Å². The first-order valence-electron chi connectivity index (χ1n) is 8.69. The van der Waals surface area contributed by atoms with Gasteiger partial charge in [-0.1, -0.05) is 30.3 Å². The lowest BCUT2D eigenvalue weighted by molar-refractivity contribution is -0.134. The van der Waals surface area contributed by atoms with E-state index in [-0.39, 0.29) is 5.57 Å². The number of methoxy groups -OCH3 is 1. The van der Waals surface area contributed by atoms with Crippen LogP contribution in [0.15, 0.2) is 52.5 Å². The molecule has 3 rings (SSSR count). The van der Waals surface area contributed by atoms with Crippen molar-refractivity contribution in [3.63, 3.8) is 0 Å². The number of carbonyl (C=O) groups excluding carboxylic acids is 3. The van der Waals surface area contributed by atoms with Crippen LogP contribution >= 0.6 is 15.9 Å². The third-order valence-electron chi connectivity index (χ3n) is 4.43. The van der Waals surface area contributed by atoms with Crippen molar-refractivity contribution in [1.82, 2.24) is 9.80 Å². The van der Waals surface area contributed by atoms with Gasteiger partial charge in [0.15, 0.2) is 11.5 Å². The summed E-state index contributed by atoms with van der Waals surface area (Å²) < 4.78 is 11.9. The molecular weight excluding hydrogens is 440 g/mol. The van der Waals surface area contributed by atoms with E-state index in [4.69, 9.17) is 9.47 Å². The summed E-state index contributed by atoms with van der Waals surface area (Å²) in [5.41, 5.74) is 1.44. The van der Waals surface area contributed by atoms with Crippen LogP contribution < -0.4 is 9.47 Å². The molecule has 4 amide bonds. The predicted octanol–water partition coefficient (Wildman–Crippen LogP) is 3.47. The second kappa shape index (κ2) is 8.48. The van der Waals surface area contributed by atoms with Gasteiger partial charge >= 0.3 is 6.03 Å². The Balaban J connectivity index is 1.92. The van der Waals surface area contributed by atoms with Gasteiger partial charge in [0.25, 0.3) is 11.8 Å². The molecule has 0 unspecified atom stereocenters. The van der Waals surface area contributed by atoms with Gasteiger partial charge in [0.2, 0.25) is 0 Å². The lowest BCUT2D eigenvalue weighted by Gasteiger charge is -2.28. The fourth-order valence-corrected chi connectivity index (χ4v) is 3.41. The molecule has 0 radical (unpaired) electrons. The van der Waals surface area contributed by atoms with Crippen LogP contribution in [0.4, 0.5) is 4.79 Å². The maximum absolute atomic E-state index is 12.4. The molecule has 0 atom stereocenters. The van der Waals surface area contributed by atoms with Gasteiger partial charge < -0.3 is 9.47 Å². The highest BCUT2D eigenvalue weighted by Gasteiger charge is 2.37. The van der Waals surface area contributed by atoms with Crippen LogP contribution in [0, 0.1) is 0 Å². The highest BCUT2D eigenvalue weighted by molar-refractivity contribution is 9.10. The Morgan fingerprint density at radius 1 is 1.00 bits per heavy atom. The number of nitrogens with zero attached hydrogens (tertiary/aromatic N) is 2. The van der Waals surface area contributed by atoms with Gasteiger partial charge in [-0.25, -0.2) is 4.79 Å². The normalized spacial score (nSPS) is 14.3. The van der Waals surface area contributed by atoms with Crippen LogP contribution in [0.3, 0.4) is 0 Å². The van der Waals surface area contributed by atoms with Gasteiger partial charge in [0, 0.05) is 14.1 Å². The number of hydrogen-bond acceptors (Lipinski definition) is 5. The minimum absolute atomic E-state index is 0.110. The first-order valence-corrected chi connectivity index (χ1v) is 9.48. The van der Waals surface area contributed by atoms with Crippen LogP contribution in [-0.4, -0.2) is 48.9 Å². The number of imide groups is 2. The molecule has 2 aromatic rings. The quantitative estimate of drug-likeness (QED) is 0.506. The van der Waals surface area contributed by atoms with E-state index in [1.54, 1.807) is 12.1 Å². The Morgan fingerprint density at radius 3 is 2.21 bits per heavy atom. The first kappa shape index (κ1) is 20.6. The van der Waals surface area contributed by atoms with Gasteiger partial charge in [-0.05, 0) is 45.3 Å². The molecule has 8 heteroatoms. The molecule has 0 spiro atoms. The second-order valence-electron chi connectivity index (χ2n) is 6.38. The Labute approximate surface area is 176 Å². The molecule has 7 nitrogen and oxygen atoms in total. The molecule has 29 heavy (non-hydrogen) atoms. The molecule has 0 aliphatic carbocycles. The summed E-state index contributed by atoms with van der Waals surface area (Å²) >= 11 is 3.46. The Bertz CT molecular complexity index is 978. The largest absolute Gasteiger partial charge is 0.493 e. The monoisotopic (exact) mass is 458 g/mol. The number of hydrogen-bond donors (Lipinski definition) is 0. The molecule has 1 heterocycles. The summed E-state index contributed by atoms with van der Waals surface area (Å²) in [7, 11) is 4.17. The van der Waals surface area contributed by atoms with Crippen molar-refractivity contribution in [3.8, 4) is 11.5 Å². The molecular formula is C21H19BrN2O5. The number of barbiturate groups is 1. The number of urea groups is 1. The number of rotatable bonds is 5. The van der Waals surface area contributed by atoms with Gasteiger partial charge in [-0.3, -0.25) is 19.4 Å². The number of halogens is 1. The van der Waals surface area contributed by atoms with Crippen molar-refractivity contribution < 1.29 is 23.9 Å². The molecule has 0 aromatic heterocycles. The van der Waals surface area contributed by atoms with Crippen molar-refractivity contribution in [1.29, 1.82) is 0 Å². The summed E-state index contributed by atoms with van der Waals surface area (Å²) in [6.45, 7) is 0.352. The topological polar surface area (TPSA) is 76.2 Å². The second-order valence-corrected chi connectivity index (χ2v) is 7.23. The Hall–Kier alpha value is -3.13. The molecule has 1 aliphatic heterocycles. The number of likely N-dealkylation sites (N-methyl/N-ethyl adjacent to an activating group) is 2. The minimum atomic E-state index is -0.666. The van der Waals surface area contributed by atoms with E-state index in [1.807, 2.05) is 30.3 Å². The van der Waals surface area contributed by atoms with Crippen molar-refractivity contribution in [2.24, 2.45) is 0 Å². The Kier molecular flexibility index (Phi) is 6.03. The van der Waals surface area contributed by atoms with E-state index in [0.29, 0.717) is 28.1 Å². The van der Waals surface area contributed by atoms with Crippen LogP contribution in [0.25, 0.3) is 6.08 Å². The molecule has 0 N–H and O–H groups in total. The minimum Gasteiger partial charge on any atom is -0.493 e. The molecule has 2 aromatic carbocycles. The van der Waals surface area contributed by atoms with Crippen LogP contribution in [0.1, 0.15) is 11.1 Å². The fourth-order valence-electron chi connectivity index (χ4n) is 2.83. The molecule has 1 fully saturated rings. The standard InChI is InChI=1S/C21H19BrN2O5/c1-23-19(25)15(20(26)24(2)21(23)27)9-14-10-16(22)18(17(11-14)28-3)29-12-13-7-5-4-6-8-13/h4-11H,12H2,1-3H3. The highest BCUT2D eigenvalue weighted by atomic mass is 79.9. The Morgan fingerprint density at radius 2 is 1.62 bits per heavy atom. The van der Waals surface area contributed by atoms with Gasteiger partial charge in [0.1, 0.15) is 12.2 Å². The van der Waals surface area contributed by atoms with Crippen LogP contribution in [0.2, 0.25) is 0 Å². The van der Waals surface area contributed by atoms with E-state index in [9.17, 15) is 14.4 Å². The number of benzene rings is 2. The average Bonchev–Trinajstić information content (AvgIpc) is 2.73. The molecule has 150 valence electrons. The van der Waals surface area contributed by atoms with Crippen LogP contribution in [-0.2, 0) is 16.2 Å². The van der Waals surface area contributed by atoms with Crippen molar-refractivity contribution in [2.75, 3.05) is 21.2 Å². The smallest absolute Gasteiger partial charge is 0.333 e. The van der Waals surface area contributed by atoms with E-state index in [2.05, 4.69) is 15.9 Å². The third kappa shape index (κ3) is 4.17. The van der Waals surface area contributed by atoms with Crippen molar-refractivity contribution >= 4 is 39.9 Å². The predicted molar refractivity (Wildman–Crippen MR) is 110 cm³/mol. The average molecular weight is 459 g/mol. The van der Waals surface area contributed by atoms with Gasteiger partial charge in [0.05, 0.1) is 11.6 Å². The maximum Gasteiger partial charge on any atom is 0.333 e. The third-order valence-corrected chi connectivity index (χ3v) is 5.02. The van der Waals surface area contributed by atoms with Crippen LogP contribution in [0.5, 0.6) is 11.5 Å². The summed E-state index contributed by atoms with van der Waals surface area (Å²) in [6, 6.07) is 12.4.